The Balaban J connectivity index is 2.08. The molecule has 2 aromatic rings. The lowest BCUT2D eigenvalue weighted by atomic mass is 10.1. The Labute approximate surface area is 132 Å². The monoisotopic (exact) mass is 352 g/mol. The van der Waals surface area contributed by atoms with E-state index in [1.165, 1.54) is 6.07 Å². The summed E-state index contributed by atoms with van der Waals surface area (Å²) in [6.45, 7) is 6.93. The van der Waals surface area contributed by atoms with E-state index in [2.05, 4.69) is 47.0 Å². The molecule has 1 aromatic heterocycles. The fraction of sp³-hybridized carbons (Fsp3) is 0.312. The molecule has 3 nitrogen and oxygen atoms in total. The van der Waals surface area contributed by atoms with Crippen molar-refractivity contribution >= 4 is 15.9 Å². The largest absolute Gasteiger partial charge is 0.439 e. The zero-order valence-corrected chi connectivity index (χ0v) is 13.9. The first kappa shape index (κ1) is 15.9. The second kappa shape index (κ2) is 6.54. The van der Waals surface area contributed by atoms with Crippen LogP contribution in [0.1, 0.15) is 26.5 Å². The lowest BCUT2D eigenvalue weighted by Crippen LogP contribution is -2.35. The smallest absolute Gasteiger partial charge is 0.219 e. The molecule has 1 N–H and O–H groups in total. The van der Waals surface area contributed by atoms with Gasteiger partial charge in [0.1, 0.15) is 11.6 Å². The van der Waals surface area contributed by atoms with Gasteiger partial charge in [0, 0.05) is 24.2 Å². The van der Waals surface area contributed by atoms with Crippen LogP contribution in [0.25, 0.3) is 0 Å². The molecule has 5 heteroatoms. The van der Waals surface area contributed by atoms with Gasteiger partial charge in [-0.3, -0.25) is 0 Å². The standard InChI is InChI=1S/C16H18BrFN2O/c1-16(2,3)19-10-11-5-4-6-15(20-11)21-12-7-8-13(17)14(18)9-12/h4-9,19H,10H2,1-3H3. The summed E-state index contributed by atoms with van der Waals surface area (Å²) < 4.78 is 19.5. The first-order valence-corrected chi connectivity index (χ1v) is 7.47. The fourth-order valence-electron chi connectivity index (χ4n) is 1.63. The number of benzene rings is 1. The van der Waals surface area contributed by atoms with E-state index in [-0.39, 0.29) is 11.4 Å². The fourth-order valence-corrected chi connectivity index (χ4v) is 1.88. The minimum atomic E-state index is -0.363. The third kappa shape index (κ3) is 5.10. The van der Waals surface area contributed by atoms with Crippen molar-refractivity contribution in [2.24, 2.45) is 0 Å². The molecule has 0 unspecified atom stereocenters. The molecular weight excluding hydrogens is 335 g/mol. The molecule has 0 saturated carbocycles. The van der Waals surface area contributed by atoms with Crippen LogP contribution in [0.4, 0.5) is 4.39 Å². The zero-order valence-electron chi connectivity index (χ0n) is 12.3. The first-order valence-electron chi connectivity index (χ1n) is 6.67. The van der Waals surface area contributed by atoms with Crippen molar-refractivity contribution in [1.82, 2.24) is 10.3 Å². The van der Waals surface area contributed by atoms with Crippen molar-refractivity contribution in [3.63, 3.8) is 0 Å². The number of pyridine rings is 1. The van der Waals surface area contributed by atoms with Crippen LogP contribution in [0, 0.1) is 5.82 Å². The average molecular weight is 353 g/mol. The number of aromatic nitrogens is 1. The highest BCUT2D eigenvalue weighted by molar-refractivity contribution is 9.10. The molecule has 0 amide bonds. The molecular formula is C16H18BrFN2O. The number of halogens is 2. The van der Waals surface area contributed by atoms with Gasteiger partial charge in [-0.25, -0.2) is 9.37 Å². The summed E-state index contributed by atoms with van der Waals surface area (Å²) >= 11 is 3.11. The van der Waals surface area contributed by atoms with Crippen LogP contribution in [-0.4, -0.2) is 10.5 Å². The average Bonchev–Trinajstić information content (AvgIpc) is 2.40. The summed E-state index contributed by atoms with van der Waals surface area (Å²) in [4.78, 5) is 4.40. The van der Waals surface area contributed by atoms with E-state index in [0.29, 0.717) is 22.6 Å². The number of hydrogen-bond donors (Lipinski definition) is 1. The second-order valence-corrected chi connectivity index (χ2v) is 6.60. The topological polar surface area (TPSA) is 34.1 Å². The molecule has 1 aromatic carbocycles. The van der Waals surface area contributed by atoms with E-state index in [9.17, 15) is 4.39 Å². The highest BCUT2D eigenvalue weighted by Gasteiger charge is 2.09. The Kier molecular flexibility index (Phi) is 4.96. The maximum absolute atomic E-state index is 13.5. The van der Waals surface area contributed by atoms with Gasteiger partial charge < -0.3 is 10.1 Å². The third-order valence-corrected chi connectivity index (χ3v) is 3.34. The maximum atomic E-state index is 13.5. The normalized spacial score (nSPS) is 11.5. The van der Waals surface area contributed by atoms with Gasteiger partial charge in [0.25, 0.3) is 0 Å². The lowest BCUT2D eigenvalue weighted by Gasteiger charge is -2.20. The van der Waals surface area contributed by atoms with Gasteiger partial charge in [-0.1, -0.05) is 6.07 Å². The summed E-state index contributed by atoms with van der Waals surface area (Å²) in [6, 6.07) is 10.2. The minimum absolute atomic E-state index is 0.0212. The Hall–Kier alpha value is -1.46. The van der Waals surface area contributed by atoms with Crippen LogP contribution in [0.2, 0.25) is 0 Å². The van der Waals surface area contributed by atoms with Crippen LogP contribution in [0.15, 0.2) is 40.9 Å². The quantitative estimate of drug-likeness (QED) is 0.868. The van der Waals surface area contributed by atoms with E-state index < -0.39 is 0 Å². The van der Waals surface area contributed by atoms with E-state index in [0.717, 1.165) is 5.69 Å². The molecule has 1 heterocycles. The summed E-state index contributed by atoms with van der Waals surface area (Å²) in [6.07, 6.45) is 0. The Morgan fingerprint density at radius 3 is 2.67 bits per heavy atom. The summed E-state index contributed by atoms with van der Waals surface area (Å²) in [7, 11) is 0. The van der Waals surface area contributed by atoms with E-state index in [1.54, 1.807) is 18.2 Å². The summed E-state index contributed by atoms with van der Waals surface area (Å²) in [5.74, 6) is 0.507. The Morgan fingerprint density at radius 2 is 2.00 bits per heavy atom. The number of nitrogens with one attached hydrogen (secondary N) is 1. The van der Waals surface area contributed by atoms with Crippen LogP contribution in [0.5, 0.6) is 11.6 Å². The molecule has 0 aliphatic heterocycles. The van der Waals surface area contributed by atoms with Gasteiger partial charge in [0.15, 0.2) is 0 Å². The molecule has 0 saturated heterocycles. The van der Waals surface area contributed by atoms with Crippen molar-refractivity contribution in [3.8, 4) is 11.6 Å². The summed E-state index contributed by atoms with van der Waals surface area (Å²) in [5, 5.41) is 3.36. The van der Waals surface area contributed by atoms with Crippen molar-refractivity contribution in [2.75, 3.05) is 0 Å². The van der Waals surface area contributed by atoms with Gasteiger partial charge in [0.05, 0.1) is 10.2 Å². The molecule has 0 bridgehead atoms. The summed E-state index contributed by atoms with van der Waals surface area (Å²) in [5.41, 5.74) is 0.896. The van der Waals surface area contributed by atoms with Crippen molar-refractivity contribution < 1.29 is 9.13 Å². The molecule has 0 spiro atoms. The molecule has 2 rings (SSSR count). The predicted molar refractivity (Wildman–Crippen MR) is 85.0 cm³/mol. The van der Waals surface area contributed by atoms with E-state index >= 15 is 0 Å². The predicted octanol–water partition coefficient (Wildman–Crippen LogP) is 4.66. The maximum Gasteiger partial charge on any atom is 0.219 e. The Bertz CT molecular complexity index is 626. The molecule has 0 aliphatic carbocycles. The molecule has 0 atom stereocenters. The highest BCUT2D eigenvalue weighted by atomic mass is 79.9. The van der Waals surface area contributed by atoms with Crippen molar-refractivity contribution in [1.29, 1.82) is 0 Å². The van der Waals surface area contributed by atoms with E-state index in [1.807, 2.05) is 12.1 Å². The van der Waals surface area contributed by atoms with Gasteiger partial charge in [-0.15, -0.1) is 0 Å². The van der Waals surface area contributed by atoms with Gasteiger partial charge in [0.2, 0.25) is 5.88 Å². The van der Waals surface area contributed by atoms with Crippen molar-refractivity contribution in [3.05, 3.63) is 52.4 Å². The molecule has 0 radical (unpaired) electrons. The van der Waals surface area contributed by atoms with Crippen LogP contribution in [-0.2, 0) is 6.54 Å². The number of ether oxygens (including phenoxy) is 1. The Morgan fingerprint density at radius 1 is 1.24 bits per heavy atom. The minimum Gasteiger partial charge on any atom is -0.439 e. The van der Waals surface area contributed by atoms with Crippen LogP contribution >= 0.6 is 15.9 Å². The molecule has 21 heavy (non-hydrogen) atoms. The SMILES string of the molecule is CC(C)(C)NCc1cccc(Oc2ccc(Br)c(F)c2)n1. The molecule has 112 valence electrons. The van der Waals surface area contributed by atoms with E-state index in [4.69, 9.17) is 4.74 Å². The van der Waals surface area contributed by atoms with Crippen molar-refractivity contribution in [2.45, 2.75) is 32.9 Å². The second-order valence-electron chi connectivity index (χ2n) is 5.75. The number of rotatable bonds is 4. The number of nitrogens with zero attached hydrogens (tertiary/aromatic N) is 1. The molecule has 0 aliphatic rings. The van der Waals surface area contributed by atoms with Gasteiger partial charge >= 0.3 is 0 Å². The number of hydrogen-bond acceptors (Lipinski definition) is 3. The molecule has 0 fully saturated rings. The van der Waals surface area contributed by atoms with Gasteiger partial charge in [-0.05, 0) is 54.9 Å². The third-order valence-electron chi connectivity index (χ3n) is 2.69. The van der Waals surface area contributed by atoms with Gasteiger partial charge in [-0.2, -0.15) is 0 Å². The van der Waals surface area contributed by atoms with Crippen LogP contribution < -0.4 is 10.1 Å². The van der Waals surface area contributed by atoms with Crippen LogP contribution in [0.3, 0.4) is 0 Å². The highest BCUT2D eigenvalue weighted by Crippen LogP contribution is 2.24. The zero-order chi connectivity index (χ0) is 15.5. The first-order chi connectivity index (χ1) is 9.83. The lowest BCUT2D eigenvalue weighted by molar-refractivity contribution is 0.415.